The highest BCUT2D eigenvalue weighted by molar-refractivity contribution is 7.13. The van der Waals surface area contributed by atoms with Gasteiger partial charge in [0, 0.05) is 12.8 Å². The molecule has 2 rings (SSSR count). The highest BCUT2D eigenvalue weighted by Crippen LogP contribution is 2.28. The van der Waals surface area contributed by atoms with Crippen LogP contribution in [0.5, 0.6) is 0 Å². The van der Waals surface area contributed by atoms with Crippen molar-refractivity contribution in [3.05, 3.63) is 41.0 Å². The zero-order valence-electron chi connectivity index (χ0n) is 12.1. The maximum Gasteiger partial charge on any atom is 0.207 e. The van der Waals surface area contributed by atoms with E-state index in [2.05, 4.69) is 10.3 Å². The molecule has 110 valence electrons. The Morgan fingerprint density at radius 3 is 2.62 bits per heavy atom. The number of carbonyl (C=O) groups is 2. The molecule has 1 heterocycles. The summed E-state index contributed by atoms with van der Waals surface area (Å²) >= 11 is 1.60. The van der Waals surface area contributed by atoms with Gasteiger partial charge in [0.1, 0.15) is 5.78 Å². The van der Waals surface area contributed by atoms with Crippen LogP contribution in [0.4, 0.5) is 0 Å². The van der Waals surface area contributed by atoms with E-state index in [-0.39, 0.29) is 11.8 Å². The normalized spacial score (nSPS) is 11.9. The molecule has 0 bridgehead atoms. The average molecular weight is 302 g/mol. The number of carbonyl (C=O) groups excluding carboxylic acids is 2. The summed E-state index contributed by atoms with van der Waals surface area (Å²) in [4.78, 5) is 27.7. The Morgan fingerprint density at radius 1 is 1.38 bits per heavy atom. The van der Waals surface area contributed by atoms with Crippen LogP contribution in [-0.4, -0.2) is 17.2 Å². The summed E-state index contributed by atoms with van der Waals surface area (Å²) < 4.78 is 0. The van der Waals surface area contributed by atoms with E-state index in [0.717, 1.165) is 21.7 Å². The average Bonchev–Trinajstić information content (AvgIpc) is 2.93. The first-order valence-electron chi connectivity index (χ1n) is 6.87. The van der Waals surface area contributed by atoms with Gasteiger partial charge in [0.25, 0.3) is 0 Å². The second kappa shape index (κ2) is 7.13. The predicted molar refractivity (Wildman–Crippen MR) is 84.1 cm³/mol. The van der Waals surface area contributed by atoms with Gasteiger partial charge < -0.3 is 5.32 Å². The molecule has 1 unspecified atom stereocenters. The monoisotopic (exact) mass is 302 g/mol. The molecule has 1 atom stereocenters. The quantitative estimate of drug-likeness (QED) is 0.799. The molecule has 0 saturated carbocycles. The van der Waals surface area contributed by atoms with Gasteiger partial charge in [0.15, 0.2) is 0 Å². The van der Waals surface area contributed by atoms with Gasteiger partial charge >= 0.3 is 0 Å². The third kappa shape index (κ3) is 3.76. The minimum Gasteiger partial charge on any atom is -0.351 e. The minimum absolute atomic E-state index is 0.136. The molecule has 21 heavy (non-hydrogen) atoms. The summed E-state index contributed by atoms with van der Waals surface area (Å²) in [6.45, 7) is 3.81. The van der Waals surface area contributed by atoms with Gasteiger partial charge in [0.2, 0.25) is 6.41 Å². The number of thiazole rings is 1. The number of nitrogens with zero attached hydrogens (tertiary/aromatic N) is 1. The van der Waals surface area contributed by atoms with Crippen molar-refractivity contribution in [2.75, 3.05) is 0 Å². The van der Waals surface area contributed by atoms with Crippen LogP contribution in [-0.2, 0) is 9.59 Å². The van der Waals surface area contributed by atoms with E-state index in [9.17, 15) is 9.59 Å². The van der Waals surface area contributed by atoms with E-state index in [0.29, 0.717) is 19.3 Å². The summed E-state index contributed by atoms with van der Waals surface area (Å²) in [5, 5.41) is 2.72. The second-order valence-electron chi connectivity index (χ2n) is 4.82. The lowest BCUT2D eigenvalue weighted by molar-refractivity contribution is -0.119. The number of rotatable bonds is 7. The van der Waals surface area contributed by atoms with Crippen molar-refractivity contribution in [1.82, 2.24) is 10.3 Å². The topological polar surface area (TPSA) is 59.1 Å². The van der Waals surface area contributed by atoms with Crippen molar-refractivity contribution in [2.45, 2.75) is 32.7 Å². The van der Waals surface area contributed by atoms with Gasteiger partial charge in [-0.15, -0.1) is 11.3 Å². The first kappa shape index (κ1) is 15.4. The van der Waals surface area contributed by atoms with Gasteiger partial charge in [-0.3, -0.25) is 9.59 Å². The maximum atomic E-state index is 11.6. The zero-order chi connectivity index (χ0) is 15.2. The van der Waals surface area contributed by atoms with Crippen LogP contribution in [0.15, 0.2) is 29.8 Å². The number of aromatic nitrogens is 1. The number of hydrogen-bond donors (Lipinski definition) is 1. The van der Waals surface area contributed by atoms with Crippen molar-refractivity contribution in [1.29, 1.82) is 0 Å². The molecule has 0 radical (unpaired) electrons. The van der Waals surface area contributed by atoms with Gasteiger partial charge in [-0.05, 0) is 18.1 Å². The number of nitrogens with one attached hydrogen (secondary N) is 1. The predicted octanol–water partition coefficient (Wildman–Crippen LogP) is 3.27. The Labute approximate surface area is 128 Å². The Bertz CT molecular complexity index is 619. The smallest absolute Gasteiger partial charge is 0.207 e. The number of amides is 1. The van der Waals surface area contributed by atoms with Crippen LogP contribution in [0, 0.1) is 6.92 Å². The third-order valence-corrected chi connectivity index (χ3v) is 4.39. The van der Waals surface area contributed by atoms with Crippen LogP contribution < -0.4 is 5.32 Å². The summed E-state index contributed by atoms with van der Waals surface area (Å²) in [6.07, 6.45) is 1.46. The zero-order valence-corrected chi connectivity index (χ0v) is 12.9. The Balaban J connectivity index is 2.21. The second-order valence-corrected chi connectivity index (χ2v) is 5.68. The van der Waals surface area contributed by atoms with Gasteiger partial charge in [-0.1, -0.05) is 31.2 Å². The molecule has 0 aliphatic rings. The van der Waals surface area contributed by atoms with Crippen LogP contribution >= 0.6 is 11.3 Å². The minimum atomic E-state index is -0.258. The van der Waals surface area contributed by atoms with Crippen LogP contribution in [0.25, 0.3) is 10.4 Å². The van der Waals surface area contributed by atoms with E-state index in [4.69, 9.17) is 0 Å². The molecule has 4 nitrogen and oxygen atoms in total. The highest BCUT2D eigenvalue weighted by atomic mass is 32.1. The molecule has 1 aromatic heterocycles. The third-order valence-electron chi connectivity index (χ3n) is 3.42. The van der Waals surface area contributed by atoms with Crippen LogP contribution in [0.3, 0.4) is 0 Å². The van der Waals surface area contributed by atoms with Crippen molar-refractivity contribution in [3.8, 4) is 10.4 Å². The molecule has 2 aromatic rings. The number of Topliss-reactive ketones (excluding diaryl/α,β-unsaturated/α-hetero) is 1. The molecular weight excluding hydrogens is 284 g/mol. The van der Waals surface area contributed by atoms with Gasteiger partial charge in [-0.2, -0.15) is 0 Å². The van der Waals surface area contributed by atoms with E-state index in [1.165, 1.54) is 0 Å². The summed E-state index contributed by atoms with van der Waals surface area (Å²) in [6, 6.07) is 7.67. The Kier molecular flexibility index (Phi) is 5.22. The van der Waals surface area contributed by atoms with Crippen molar-refractivity contribution in [2.24, 2.45) is 0 Å². The van der Waals surface area contributed by atoms with Gasteiger partial charge in [0.05, 0.1) is 22.1 Å². The molecule has 0 aliphatic heterocycles. The SMILES string of the molecule is CCC(=O)CC(NC=O)c1ccc(-c2scnc2C)cc1. The molecule has 1 aromatic carbocycles. The van der Waals surface area contributed by atoms with E-state index >= 15 is 0 Å². The largest absolute Gasteiger partial charge is 0.351 e. The Morgan fingerprint density at radius 2 is 2.10 bits per heavy atom. The van der Waals surface area contributed by atoms with Crippen molar-refractivity contribution >= 4 is 23.5 Å². The molecule has 1 N–H and O–H groups in total. The first-order chi connectivity index (χ1) is 10.2. The van der Waals surface area contributed by atoms with Crippen molar-refractivity contribution < 1.29 is 9.59 Å². The maximum absolute atomic E-state index is 11.6. The number of hydrogen-bond acceptors (Lipinski definition) is 4. The molecule has 0 fully saturated rings. The first-order valence-corrected chi connectivity index (χ1v) is 7.75. The lowest BCUT2D eigenvalue weighted by Gasteiger charge is -2.16. The van der Waals surface area contributed by atoms with E-state index < -0.39 is 0 Å². The molecule has 0 aliphatic carbocycles. The Hall–Kier alpha value is -2.01. The number of ketones is 1. The highest BCUT2D eigenvalue weighted by Gasteiger charge is 2.14. The fourth-order valence-electron chi connectivity index (χ4n) is 2.17. The van der Waals surface area contributed by atoms with Crippen LogP contribution in [0.1, 0.15) is 37.1 Å². The van der Waals surface area contributed by atoms with Gasteiger partial charge in [-0.25, -0.2) is 4.98 Å². The molecule has 1 amide bonds. The van der Waals surface area contributed by atoms with Crippen LogP contribution in [0.2, 0.25) is 0 Å². The molecule has 5 heteroatoms. The summed E-state index contributed by atoms with van der Waals surface area (Å²) in [5.41, 5.74) is 4.88. The molecule has 0 saturated heterocycles. The molecule has 0 spiro atoms. The fourth-order valence-corrected chi connectivity index (χ4v) is 2.98. The fraction of sp³-hybridized carbons (Fsp3) is 0.312. The summed E-state index contributed by atoms with van der Waals surface area (Å²) in [5.74, 6) is 0.136. The molecular formula is C16H18N2O2S. The van der Waals surface area contributed by atoms with Crippen molar-refractivity contribution in [3.63, 3.8) is 0 Å². The number of benzene rings is 1. The lowest BCUT2D eigenvalue weighted by Crippen LogP contribution is -2.22. The standard InChI is InChI=1S/C16H18N2O2S/c1-3-14(20)8-15(17-9-19)12-4-6-13(7-5-12)16-11(2)18-10-21-16/h4-7,9-10,15H,3,8H2,1-2H3,(H,17,19). The van der Waals surface area contributed by atoms with E-state index in [1.54, 1.807) is 11.3 Å². The summed E-state index contributed by atoms with van der Waals surface area (Å²) in [7, 11) is 0. The van der Waals surface area contributed by atoms with E-state index in [1.807, 2.05) is 43.6 Å². The number of aryl methyl sites for hydroxylation is 1. The lowest BCUT2D eigenvalue weighted by atomic mass is 9.99.